The largest absolute Gasteiger partial charge is 0.207 e. The van der Waals surface area contributed by atoms with Crippen molar-refractivity contribution in [2.75, 3.05) is 0 Å². The van der Waals surface area contributed by atoms with Gasteiger partial charge in [0.05, 0.1) is 0 Å². The smallest absolute Gasteiger partial charge is 0.123 e. The number of halogens is 1. The van der Waals surface area contributed by atoms with Crippen LogP contribution in [0, 0.1) is 12.7 Å². The molecule has 0 aliphatic heterocycles. The number of hydrogen-bond donors (Lipinski definition) is 0. The minimum atomic E-state index is -0.174. The van der Waals surface area contributed by atoms with E-state index in [1.807, 2.05) is 12.1 Å². The highest BCUT2D eigenvalue weighted by atomic mass is 19.1. The molecule has 4 atom stereocenters. The van der Waals surface area contributed by atoms with Crippen molar-refractivity contribution in [2.45, 2.75) is 70.1 Å². The first-order valence-electron chi connectivity index (χ1n) is 15.5. The van der Waals surface area contributed by atoms with Crippen LogP contribution in [0.15, 0.2) is 133 Å². The molecule has 0 N–H and O–H groups in total. The van der Waals surface area contributed by atoms with Crippen LogP contribution in [0.25, 0.3) is 11.1 Å². The van der Waals surface area contributed by atoms with E-state index in [9.17, 15) is 4.39 Å². The second-order valence-corrected chi connectivity index (χ2v) is 12.0. The third-order valence-electron chi connectivity index (χ3n) is 9.02. The topological polar surface area (TPSA) is 0 Å². The summed E-state index contributed by atoms with van der Waals surface area (Å²) >= 11 is 0. The Morgan fingerprint density at radius 3 is 1.52 bits per heavy atom. The predicted molar refractivity (Wildman–Crippen MR) is 177 cm³/mol. The molecule has 214 valence electrons. The van der Waals surface area contributed by atoms with Crippen molar-refractivity contribution < 1.29 is 4.39 Å². The molecule has 0 bridgehead atoms. The van der Waals surface area contributed by atoms with E-state index in [0.717, 1.165) is 25.7 Å². The third kappa shape index (κ3) is 7.65. The molecule has 0 spiro atoms. The maximum atomic E-state index is 14.0. The molecule has 5 aromatic rings. The summed E-state index contributed by atoms with van der Waals surface area (Å²) in [7, 11) is 0. The highest BCUT2D eigenvalue weighted by molar-refractivity contribution is 5.63. The van der Waals surface area contributed by atoms with Crippen LogP contribution < -0.4 is 0 Å². The van der Waals surface area contributed by atoms with E-state index in [1.54, 1.807) is 12.1 Å². The van der Waals surface area contributed by atoms with Gasteiger partial charge in [-0.15, -0.1) is 0 Å². The lowest BCUT2D eigenvalue weighted by Crippen LogP contribution is -2.13. The fourth-order valence-corrected chi connectivity index (χ4v) is 6.46. The predicted octanol–water partition coefficient (Wildman–Crippen LogP) is 11.8. The normalized spacial score (nSPS) is 14.2. The Bertz CT molecular complexity index is 1490. The average Bonchev–Trinajstić information content (AvgIpc) is 3.04. The molecule has 0 radical (unpaired) electrons. The number of aryl methyl sites for hydroxylation is 1. The molecular weight excluding hydrogens is 511 g/mol. The Morgan fingerprint density at radius 2 is 0.929 bits per heavy atom. The molecule has 0 aliphatic rings. The lowest BCUT2D eigenvalue weighted by atomic mass is 9.75. The van der Waals surface area contributed by atoms with Crippen molar-refractivity contribution in [3.63, 3.8) is 0 Å². The average molecular weight is 555 g/mol. The number of benzene rings is 5. The zero-order valence-corrected chi connectivity index (χ0v) is 25.2. The lowest BCUT2D eigenvalue weighted by molar-refractivity contribution is 0.428. The van der Waals surface area contributed by atoms with E-state index in [2.05, 4.69) is 130 Å². The molecule has 1 heteroatoms. The third-order valence-corrected chi connectivity index (χ3v) is 9.02. The van der Waals surface area contributed by atoms with Gasteiger partial charge in [-0.05, 0) is 102 Å². The summed E-state index contributed by atoms with van der Waals surface area (Å²) in [6.45, 7) is 6.81. The molecular formula is C41H43F. The van der Waals surface area contributed by atoms with Crippen molar-refractivity contribution in [2.24, 2.45) is 0 Å². The number of hydrogen-bond acceptors (Lipinski definition) is 0. The SMILES string of the molecule is CCC(CC(CC(CC(C)c1ccc(-c2ccccc2)cc1)c1ccc(F)cc1)c1ccc(C)cc1)c1ccccc1. The van der Waals surface area contributed by atoms with E-state index in [0.29, 0.717) is 23.7 Å². The summed E-state index contributed by atoms with van der Waals surface area (Å²) in [5, 5.41) is 0. The lowest BCUT2D eigenvalue weighted by Gasteiger charge is -2.30. The molecule has 0 heterocycles. The zero-order chi connectivity index (χ0) is 29.3. The fraction of sp³-hybridized carbons (Fsp3) is 0.268. The van der Waals surface area contributed by atoms with Crippen molar-refractivity contribution in [3.05, 3.63) is 167 Å². The van der Waals surface area contributed by atoms with Gasteiger partial charge in [-0.25, -0.2) is 4.39 Å². The molecule has 0 saturated carbocycles. The molecule has 0 nitrogen and oxygen atoms in total. The van der Waals surface area contributed by atoms with E-state index in [4.69, 9.17) is 0 Å². The van der Waals surface area contributed by atoms with Gasteiger partial charge in [-0.1, -0.05) is 141 Å². The summed E-state index contributed by atoms with van der Waals surface area (Å²) in [4.78, 5) is 0. The Hall–Kier alpha value is -3.97. The van der Waals surface area contributed by atoms with Crippen LogP contribution >= 0.6 is 0 Å². The van der Waals surface area contributed by atoms with Crippen molar-refractivity contribution in [1.29, 1.82) is 0 Å². The molecule has 0 saturated heterocycles. The molecule has 5 rings (SSSR count). The van der Waals surface area contributed by atoms with Crippen LogP contribution in [0.4, 0.5) is 4.39 Å². The minimum absolute atomic E-state index is 0.174. The first-order chi connectivity index (χ1) is 20.5. The summed E-state index contributed by atoms with van der Waals surface area (Å²) < 4.78 is 14.0. The minimum Gasteiger partial charge on any atom is -0.207 e. The van der Waals surface area contributed by atoms with Crippen LogP contribution in [0.5, 0.6) is 0 Å². The van der Waals surface area contributed by atoms with Crippen molar-refractivity contribution >= 4 is 0 Å². The van der Waals surface area contributed by atoms with Gasteiger partial charge in [0.1, 0.15) is 5.82 Å². The second-order valence-electron chi connectivity index (χ2n) is 12.0. The Balaban J connectivity index is 1.43. The Kier molecular flexibility index (Phi) is 10.0. The van der Waals surface area contributed by atoms with E-state index >= 15 is 0 Å². The molecule has 0 aromatic heterocycles. The van der Waals surface area contributed by atoms with Gasteiger partial charge in [0.25, 0.3) is 0 Å². The Labute approximate surface area is 252 Å². The Morgan fingerprint density at radius 1 is 0.476 bits per heavy atom. The van der Waals surface area contributed by atoms with Crippen LogP contribution in [-0.4, -0.2) is 0 Å². The fourth-order valence-electron chi connectivity index (χ4n) is 6.46. The standard InChI is InChI=1S/C41H43F/c1-4-32(34-11-7-5-8-12-34)28-40(37-17-15-30(2)16-18-37)29-39(38-23-25-41(42)26-24-38)27-31(3)33-19-21-36(22-20-33)35-13-9-6-10-14-35/h5-26,31-32,39-40H,4,27-29H2,1-3H3. The first-order valence-corrected chi connectivity index (χ1v) is 15.5. The highest BCUT2D eigenvalue weighted by Gasteiger charge is 2.25. The van der Waals surface area contributed by atoms with Gasteiger partial charge in [-0.2, -0.15) is 0 Å². The molecule has 0 fully saturated rings. The molecule has 0 aliphatic carbocycles. The van der Waals surface area contributed by atoms with E-state index in [-0.39, 0.29) is 5.82 Å². The van der Waals surface area contributed by atoms with Crippen molar-refractivity contribution in [1.82, 2.24) is 0 Å². The van der Waals surface area contributed by atoms with Crippen LogP contribution in [0.2, 0.25) is 0 Å². The highest BCUT2D eigenvalue weighted by Crippen LogP contribution is 2.42. The van der Waals surface area contributed by atoms with E-state index < -0.39 is 0 Å². The van der Waals surface area contributed by atoms with Gasteiger partial charge in [0, 0.05) is 0 Å². The molecule has 4 unspecified atom stereocenters. The zero-order valence-electron chi connectivity index (χ0n) is 25.2. The van der Waals surface area contributed by atoms with Gasteiger partial charge in [0.15, 0.2) is 0 Å². The van der Waals surface area contributed by atoms with Gasteiger partial charge in [0.2, 0.25) is 0 Å². The quantitative estimate of drug-likeness (QED) is 0.144. The van der Waals surface area contributed by atoms with Crippen LogP contribution in [-0.2, 0) is 0 Å². The van der Waals surface area contributed by atoms with Crippen molar-refractivity contribution in [3.8, 4) is 11.1 Å². The number of rotatable bonds is 12. The second kappa shape index (κ2) is 14.3. The summed E-state index contributed by atoms with van der Waals surface area (Å²) in [5.74, 6) is 1.41. The van der Waals surface area contributed by atoms with Crippen LogP contribution in [0.1, 0.15) is 91.0 Å². The maximum Gasteiger partial charge on any atom is 0.123 e. The summed E-state index contributed by atoms with van der Waals surface area (Å²) in [5.41, 5.74) is 9.18. The first kappa shape index (κ1) is 29.5. The van der Waals surface area contributed by atoms with Gasteiger partial charge in [-0.3, -0.25) is 0 Å². The molecule has 5 aromatic carbocycles. The van der Waals surface area contributed by atoms with E-state index in [1.165, 1.54) is 38.9 Å². The van der Waals surface area contributed by atoms with Crippen LogP contribution in [0.3, 0.4) is 0 Å². The summed E-state index contributed by atoms with van der Waals surface area (Å²) in [6, 6.07) is 47.0. The summed E-state index contributed by atoms with van der Waals surface area (Å²) in [6.07, 6.45) is 4.25. The molecule has 42 heavy (non-hydrogen) atoms. The van der Waals surface area contributed by atoms with Gasteiger partial charge < -0.3 is 0 Å². The van der Waals surface area contributed by atoms with Gasteiger partial charge >= 0.3 is 0 Å². The maximum absolute atomic E-state index is 14.0. The molecule has 0 amide bonds. The monoisotopic (exact) mass is 554 g/mol.